The maximum atomic E-state index is 10.8. The molecule has 0 fully saturated rings. The van der Waals surface area contributed by atoms with Crippen molar-refractivity contribution in [1.82, 2.24) is 10.2 Å². The van der Waals surface area contributed by atoms with Crippen LogP contribution < -0.4 is 5.73 Å². The van der Waals surface area contributed by atoms with Crippen LogP contribution in [0.3, 0.4) is 0 Å². The van der Waals surface area contributed by atoms with Crippen LogP contribution in [0.2, 0.25) is 0 Å². The third-order valence-electron chi connectivity index (χ3n) is 2.16. The Bertz CT molecular complexity index is 538. The number of nitro groups is 1. The van der Waals surface area contributed by atoms with Gasteiger partial charge in [0.05, 0.1) is 4.92 Å². The lowest BCUT2D eigenvalue weighted by atomic mass is 10.2. The number of rotatable bonds is 4. The zero-order valence-corrected chi connectivity index (χ0v) is 8.87. The van der Waals surface area contributed by atoms with Gasteiger partial charge >= 0.3 is 0 Å². The summed E-state index contributed by atoms with van der Waals surface area (Å²) in [7, 11) is 0. The van der Waals surface area contributed by atoms with E-state index in [-0.39, 0.29) is 11.6 Å². The van der Waals surface area contributed by atoms with Crippen LogP contribution in [0.5, 0.6) is 0 Å². The van der Waals surface area contributed by atoms with E-state index < -0.39 is 4.92 Å². The second-order valence-electron chi connectivity index (χ2n) is 3.31. The lowest BCUT2D eigenvalue weighted by Gasteiger charge is -1.96. The van der Waals surface area contributed by atoms with Crippen LogP contribution in [0.1, 0.15) is 5.89 Å². The molecule has 17 heavy (non-hydrogen) atoms. The molecular weight excluding hydrogens is 224 g/mol. The fourth-order valence-corrected chi connectivity index (χ4v) is 1.40. The smallest absolute Gasteiger partial charge is 0.282 e. The molecule has 0 bridgehead atoms. The minimum absolute atomic E-state index is 0.0598. The molecule has 0 aliphatic rings. The number of nitrogens with two attached hydrogens (primary N) is 1. The van der Waals surface area contributed by atoms with Crippen LogP contribution in [0, 0.1) is 10.1 Å². The molecule has 2 rings (SSSR count). The molecule has 0 aliphatic heterocycles. The van der Waals surface area contributed by atoms with E-state index in [0.717, 1.165) is 0 Å². The van der Waals surface area contributed by atoms with Crippen molar-refractivity contribution >= 4 is 5.69 Å². The summed E-state index contributed by atoms with van der Waals surface area (Å²) in [6.45, 7) is 0.387. The molecule has 7 nitrogen and oxygen atoms in total. The molecule has 1 aromatic carbocycles. The van der Waals surface area contributed by atoms with E-state index in [1.54, 1.807) is 18.2 Å². The van der Waals surface area contributed by atoms with Gasteiger partial charge in [0, 0.05) is 19.0 Å². The lowest BCUT2D eigenvalue weighted by molar-refractivity contribution is -0.384. The highest BCUT2D eigenvalue weighted by Gasteiger charge is 2.19. The van der Waals surface area contributed by atoms with Gasteiger partial charge in [-0.25, -0.2) is 0 Å². The summed E-state index contributed by atoms with van der Waals surface area (Å²) in [5, 5.41) is 18.4. The number of para-hydroxylation sites is 1. The highest BCUT2D eigenvalue weighted by Crippen LogP contribution is 2.28. The highest BCUT2D eigenvalue weighted by atomic mass is 16.6. The lowest BCUT2D eigenvalue weighted by Crippen LogP contribution is -2.02. The van der Waals surface area contributed by atoms with Gasteiger partial charge in [0.15, 0.2) is 0 Å². The van der Waals surface area contributed by atoms with Gasteiger partial charge in [-0.05, 0) is 6.07 Å². The summed E-state index contributed by atoms with van der Waals surface area (Å²) in [6, 6.07) is 6.22. The quantitative estimate of drug-likeness (QED) is 0.627. The van der Waals surface area contributed by atoms with E-state index >= 15 is 0 Å². The molecule has 0 saturated carbocycles. The minimum atomic E-state index is -0.484. The van der Waals surface area contributed by atoms with Gasteiger partial charge in [0.25, 0.3) is 11.6 Å². The van der Waals surface area contributed by atoms with E-state index in [0.29, 0.717) is 24.4 Å². The van der Waals surface area contributed by atoms with E-state index in [1.807, 2.05) is 0 Å². The molecule has 0 spiro atoms. The molecule has 2 aromatic rings. The van der Waals surface area contributed by atoms with Crippen molar-refractivity contribution in [3.8, 4) is 11.5 Å². The van der Waals surface area contributed by atoms with Crippen molar-refractivity contribution in [2.45, 2.75) is 6.42 Å². The van der Waals surface area contributed by atoms with Gasteiger partial charge in [-0.3, -0.25) is 10.1 Å². The second-order valence-corrected chi connectivity index (χ2v) is 3.31. The molecule has 0 aliphatic carbocycles. The number of benzene rings is 1. The Hall–Kier alpha value is -2.28. The van der Waals surface area contributed by atoms with Crippen LogP contribution in [0.25, 0.3) is 11.5 Å². The maximum Gasteiger partial charge on any atom is 0.282 e. The largest absolute Gasteiger partial charge is 0.420 e. The van der Waals surface area contributed by atoms with Crippen LogP contribution in [0.15, 0.2) is 28.7 Å². The first-order valence-electron chi connectivity index (χ1n) is 4.98. The normalized spacial score (nSPS) is 10.4. The standard InChI is InChI=1S/C10H10N4O3/c11-6-5-9-12-13-10(17-9)7-3-1-2-4-8(7)14(15)16/h1-4H,5-6,11H2. The number of hydrogen-bond donors (Lipinski definition) is 1. The predicted molar refractivity (Wildman–Crippen MR) is 59.1 cm³/mol. The molecule has 2 N–H and O–H groups in total. The molecule has 1 aromatic heterocycles. The minimum Gasteiger partial charge on any atom is -0.420 e. The Morgan fingerprint density at radius 3 is 2.82 bits per heavy atom. The van der Waals surface area contributed by atoms with Crippen molar-refractivity contribution in [3.05, 3.63) is 40.3 Å². The van der Waals surface area contributed by atoms with E-state index in [4.69, 9.17) is 10.2 Å². The monoisotopic (exact) mass is 234 g/mol. The summed E-state index contributed by atoms with van der Waals surface area (Å²) in [6.07, 6.45) is 0.452. The van der Waals surface area contributed by atoms with Crippen molar-refractivity contribution in [1.29, 1.82) is 0 Å². The Morgan fingerprint density at radius 1 is 1.35 bits per heavy atom. The molecule has 7 heteroatoms. The van der Waals surface area contributed by atoms with Crippen molar-refractivity contribution in [2.24, 2.45) is 5.73 Å². The number of nitro benzene ring substituents is 1. The zero-order valence-electron chi connectivity index (χ0n) is 8.87. The summed E-state index contributed by atoms with van der Waals surface area (Å²) in [5.74, 6) is 0.515. The van der Waals surface area contributed by atoms with Gasteiger partial charge in [-0.2, -0.15) is 0 Å². The molecular formula is C10H10N4O3. The van der Waals surface area contributed by atoms with Gasteiger partial charge in [-0.15, -0.1) is 10.2 Å². The van der Waals surface area contributed by atoms with E-state index in [2.05, 4.69) is 10.2 Å². The van der Waals surface area contributed by atoms with Crippen LogP contribution in [-0.4, -0.2) is 21.7 Å². The van der Waals surface area contributed by atoms with Gasteiger partial charge in [-0.1, -0.05) is 12.1 Å². The topological polar surface area (TPSA) is 108 Å². The molecule has 88 valence electrons. The zero-order chi connectivity index (χ0) is 12.3. The van der Waals surface area contributed by atoms with Crippen LogP contribution >= 0.6 is 0 Å². The molecule has 1 heterocycles. The van der Waals surface area contributed by atoms with Gasteiger partial charge in [0.1, 0.15) is 5.56 Å². The molecule has 0 amide bonds. The first-order valence-corrected chi connectivity index (χ1v) is 4.98. The van der Waals surface area contributed by atoms with Gasteiger partial charge in [0.2, 0.25) is 5.89 Å². The molecule has 0 saturated heterocycles. The maximum absolute atomic E-state index is 10.8. The third kappa shape index (κ3) is 2.28. The van der Waals surface area contributed by atoms with Crippen molar-refractivity contribution in [2.75, 3.05) is 6.54 Å². The first kappa shape index (κ1) is 11.2. The fraction of sp³-hybridized carbons (Fsp3) is 0.200. The van der Waals surface area contributed by atoms with E-state index in [9.17, 15) is 10.1 Å². The fourth-order valence-electron chi connectivity index (χ4n) is 1.40. The van der Waals surface area contributed by atoms with Gasteiger partial charge < -0.3 is 10.2 Å². The van der Waals surface area contributed by atoms with E-state index in [1.165, 1.54) is 6.07 Å². The molecule has 0 atom stereocenters. The number of aromatic nitrogens is 2. The first-order chi connectivity index (χ1) is 8.22. The van der Waals surface area contributed by atoms with Crippen LogP contribution in [-0.2, 0) is 6.42 Å². The second kappa shape index (κ2) is 4.71. The highest BCUT2D eigenvalue weighted by molar-refractivity contribution is 5.66. The number of nitrogens with zero attached hydrogens (tertiary/aromatic N) is 3. The molecule has 0 radical (unpaired) electrons. The molecule has 0 unspecified atom stereocenters. The van der Waals surface area contributed by atoms with Crippen LogP contribution in [0.4, 0.5) is 5.69 Å². The van der Waals surface area contributed by atoms with Crippen molar-refractivity contribution in [3.63, 3.8) is 0 Å². The Morgan fingerprint density at radius 2 is 2.12 bits per heavy atom. The summed E-state index contributed by atoms with van der Waals surface area (Å²) >= 11 is 0. The summed E-state index contributed by atoms with van der Waals surface area (Å²) in [5.41, 5.74) is 5.60. The number of hydrogen-bond acceptors (Lipinski definition) is 6. The average Bonchev–Trinajstić information content (AvgIpc) is 2.78. The Balaban J connectivity index is 2.41. The third-order valence-corrected chi connectivity index (χ3v) is 2.16. The average molecular weight is 234 g/mol. The predicted octanol–water partition coefficient (Wildman–Crippen LogP) is 1.15. The summed E-state index contributed by atoms with van der Waals surface area (Å²) in [4.78, 5) is 10.3. The van der Waals surface area contributed by atoms with Crippen molar-refractivity contribution < 1.29 is 9.34 Å². The Kier molecular flexibility index (Phi) is 3.10. The summed E-state index contributed by atoms with van der Waals surface area (Å²) < 4.78 is 5.29. The SMILES string of the molecule is NCCc1nnc(-c2ccccc2[N+](=O)[O-])o1. The Labute approximate surface area is 96.4 Å².